The van der Waals surface area contributed by atoms with Crippen molar-refractivity contribution in [3.05, 3.63) is 137 Å². The Labute approximate surface area is 234 Å². The minimum Gasteiger partial charge on any atom is -0.310 e. The summed E-state index contributed by atoms with van der Waals surface area (Å²) in [5.74, 6) is 0. The molecule has 0 fully saturated rings. The van der Waals surface area contributed by atoms with Gasteiger partial charge in [0, 0.05) is 17.1 Å². The van der Waals surface area contributed by atoms with Crippen LogP contribution in [0.4, 0.5) is 17.1 Å². The fourth-order valence-electron chi connectivity index (χ4n) is 5.30. The molecule has 0 saturated carbocycles. The van der Waals surface area contributed by atoms with Crippen molar-refractivity contribution < 1.29 is 0 Å². The summed E-state index contributed by atoms with van der Waals surface area (Å²) in [6.45, 7) is 15.7. The lowest BCUT2D eigenvalue weighted by atomic mass is 9.87. The first-order valence-electron chi connectivity index (χ1n) is 13.9. The molecule has 0 amide bonds. The minimum atomic E-state index is 0.105. The number of nitrogens with zero attached hydrogens (tertiary/aromatic N) is 1. The molecule has 0 saturated heterocycles. The van der Waals surface area contributed by atoms with Crippen LogP contribution in [0.5, 0.6) is 0 Å². The van der Waals surface area contributed by atoms with Crippen molar-refractivity contribution in [1.82, 2.24) is 0 Å². The monoisotopic (exact) mass is 509 g/mol. The predicted octanol–water partition coefficient (Wildman–Crippen LogP) is 11.0. The van der Waals surface area contributed by atoms with E-state index < -0.39 is 0 Å². The van der Waals surface area contributed by atoms with Crippen molar-refractivity contribution in [3.63, 3.8) is 0 Å². The summed E-state index contributed by atoms with van der Waals surface area (Å²) in [5.41, 5.74) is 15.1. The van der Waals surface area contributed by atoms with E-state index in [1.165, 1.54) is 67.1 Å². The molecule has 0 aromatic heterocycles. The first-order valence-corrected chi connectivity index (χ1v) is 13.9. The topological polar surface area (TPSA) is 3.24 Å². The Balaban J connectivity index is 1.71. The van der Waals surface area contributed by atoms with E-state index in [0.29, 0.717) is 0 Å². The third-order valence-electron chi connectivity index (χ3n) is 7.77. The fraction of sp³-hybridized carbons (Fsp3) is 0.211. The second kappa shape index (κ2) is 10.6. The average molecular weight is 510 g/mol. The van der Waals surface area contributed by atoms with Gasteiger partial charge in [-0.15, -0.1) is 0 Å². The van der Waals surface area contributed by atoms with Crippen LogP contribution in [0.25, 0.3) is 22.3 Å². The molecule has 0 spiro atoms. The lowest BCUT2D eigenvalue weighted by molar-refractivity contribution is 0.590. The number of benzene rings is 5. The van der Waals surface area contributed by atoms with Crippen LogP contribution in [0.2, 0.25) is 0 Å². The third kappa shape index (κ3) is 5.54. The molecule has 1 heteroatoms. The molecular weight excluding hydrogens is 470 g/mol. The quantitative estimate of drug-likeness (QED) is 0.228. The third-order valence-corrected chi connectivity index (χ3v) is 7.77. The maximum Gasteiger partial charge on any atom is 0.0499 e. The molecule has 0 aliphatic carbocycles. The summed E-state index contributed by atoms with van der Waals surface area (Å²) in [6.07, 6.45) is 0. The Morgan fingerprint density at radius 1 is 0.487 bits per heavy atom. The molecule has 5 aromatic rings. The molecule has 0 bridgehead atoms. The molecule has 5 rings (SSSR count). The lowest BCUT2D eigenvalue weighted by Gasteiger charge is -2.31. The van der Waals surface area contributed by atoms with Crippen molar-refractivity contribution >= 4 is 17.1 Å². The highest BCUT2D eigenvalue weighted by molar-refractivity contribution is 5.85. The highest BCUT2D eigenvalue weighted by Gasteiger charge is 2.21. The number of anilines is 3. The summed E-state index contributed by atoms with van der Waals surface area (Å²) < 4.78 is 0. The summed E-state index contributed by atoms with van der Waals surface area (Å²) >= 11 is 0. The minimum absolute atomic E-state index is 0.105. The van der Waals surface area contributed by atoms with Gasteiger partial charge in [-0.25, -0.2) is 0 Å². The number of aryl methyl sites for hydroxylation is 3. The molecule has 0 N–H and O–H groups in total. The SMILES string of the molecule is Cc1cccc(-c2cc(C)c(C)c(N(c3ccc(C(C)(C)C)cc3)c3ccc(-c4ccccc4)cc3C)c2)c1. The molecular formula is C38H39N. The van der Waals surface area contributed by atoms with Crippen LogP contribution >= 0.6 is 0 Å². The van der Waals surface area contributed by atoms with Gasteiger partial charge in [-0.1, -0.05) is 105 Å². The number of hydrogen-bond donors (Lipinski definition) is 0. The fourth-order valence-corrected chi connectivity index (χ4v) is 5.30. The number of rotatable bonds is 5. The zero-order chi connectivity index (χ0) is 27.7. The smallest absolute Gasteiger partial charge is 0.0499 e. The summed E-state index contributed by atoms with van der Waals surface area (Å²) in [6, 6.07) is 40.1. The van der Waals surface area contributed by atoms with Gasteiger partial charge in [-0.2, -0.15) is 0 Å². The largest absolute Gasteiger partial charge is 0.310 e. The second-order valence-corrected chi connectivity index (χ2v) is 11.8. The van der Waals surface area contributed by atoms with Gasteiger partial charge >= 0.3 is 0 Å². The Hall–Kier alpha value is -4.10. The summed E-state index contributed by atoms with van der Waals surface area (Å²) in [5, 5.41) is 0. The Morgan fingerprint density at radius 3 is 1.77 bits per heavy atom. The van der Waals surface area contributed by atoms with Crippen molar-refractivity contribution in [2.45, 2.75) is 53.9 Å². The second-order valence-electron chi connectivity index (χ2n) is 11.8. The zero-order valence-corrected chi connectivity index (χ0v) is 24.3. The van der Waals surface area contributed by atoms with Crippen LogP contribution < -0.4 is 4.90 Å². The first kappa shape index (κ1) is 26.5. The van der Waals surface area contributed by atoms with Crippen LogP contribution in [-0.2, 0) is 5.41 Å². The van der Waals surface area contributed by atoms with Crippen LogP contribution in [0.1, 0.15) is 48.6 Å². The first-order chi connectivity index (χ1) is 18.6. The summed E-state index contributed by atoms with van der Waals surface area (Å²) in [7, 11) is 0. The van der Waals surface area contributed by atoms with Gasteiger partial charge in [0.1, 0.15) is 0 Å². The molecule has 196 valence electrons. The van der Waals surface area contributed by atoms with E-state index in [-0.39, 0.29) is 5.41 Å². The standard InChI is InChI=1S/C38H39N/c1-26-12-11-15-31(22-26)33-23-27(2)29(4)37(25-33)39(35-19-17-34(18-20-35)38(5,6)7)36-21-16-32(24-28(36)3)30-13-9-8-10-14-30/h8-25H,1-7H3. The van der Waals surface area contributed by atoms with E-state index in [9.17, 15) is 0 Å². The summed E-state index contributed by atoms with van der Waals surface area (Å²) in [4.78, 5) is 2.44. The van der Waals surface area contributed by atoms with Gasteiger partial charge in [-0.3, -0.25) is 0 Å². The highest BCUT2D eigenvalue weighted by atomic mass is 15.1. The van der Waals surface area contributed by atoms with Gasteiger partial charge in [-0.05, 0) is 108 Å². The molecule has 1 nitrogen and oxygen atoms in total. The van der Waals surface area contributed by atoms with Crippen molar-refractivity contribution in [2.75, 3.05) is 4.90 Å². The van der Waals surface area contributed by atoms with E-state index in [4.69, 9.17) is 0 Å². The maximum absolute atomic E-state index is 2.44. The van der Waals surface area contributed by atoms with Gasteiger partial charge in [0.2, 0.25) is 0 Å². The van der Waals surface area contributed by atoms with Crippen molar-refractivity contribution in [3.8, 4) is 22.3 Å². The van der Waals surface area contributed by atoms with Crippen molar-refractivity contribution in [2.24, 2.45) is 0 Å². The van der Waals surface area contributed by atoms with Gasteiger partial charge in [0.25, 0.3) is 0 Å². The molecule has 5 aromatic carbocycles. The van der Waals surface area contributed by atoms with Gasteiger partial charge < -0.3 is 4.90 Å². The number of hydrogen-bond acceptors (Lipinski definition) is 1. The average Bonchev–Trinajstić information content (AvgIpc) is 2.92. The van der Waals surface area contributed by atoms with E-state index >= 15 is 0 Å². The normalized spacial score (nSPS) is 11.5. The predicted molar refractivity (Wildman–Crippen MR) is 170 cm³/mol. The molecule has 0 heterocycles. The molecule has 39 heavy (non-hydrogen) atoms. The molecule has 0 radical (unpaired) electrons. The molecule has 0 aliphatic rings. The Bertz CT molecular complexity index is 1600. The molecule has 0 unspecified atom stereocenters. The lowest BCUT2D eigenvalue weighted by Crippen LogP contribution is -2.15. The van der Waals surface area contributed by atoms with Crippen LogP contribution in [0.3, 0.4) is 0 Å². The Morgan fingerprint density at radius 2 is 1.13 bits per heavy atom. The van der Waals surface area contributed by atoms with E-state index in [0.717, 1.165) is 0 Å². The van der Waals surface area contributed by atoms with Crippen LogP contribution in [0.15, 0.2) is 109 Å². The zero-order valence-electron chi connectivity index (χ0n) is 24.3. The van der Waals surface area contributed by atoms with E-state index in [1.807, 2.05) is 0 Å². The molecule has 0 aliphatic heterocycles. The Kier molecular flexibility index (Phi) is 7.19. The van der Waals surface area contributed by atoms with Crippen LogP contribution in [0, 0.1) is 27.7 Å². The van der Waals surface area contributed by atoms with Gasteiger partial charge in [0.05, 0.1) is 0 Å². The molecule has 0 atom stereocenters. The van der Waals surface area contributed by atoms with E-state index in [2.05, 4.69) is 163 Å². The highest BCUT2D eigenvalue weighted by Crippen LogP contribution is 2.42. The van der Waals surface area contributed by atoms with Gasteiger partial charge in [0.15, 0.2) is 0 Å². The maximum atomic E-state index is 2.44. The van der Waals surface area contributed by atoms with Crippen molar-refractivity contribution in [1.29, 1.82) is 0 Å². The van der Waals surface area contributed by atoms with Crippen LogP contribution in [-0.4, -0.2) is 0 Å². The van der Waals surface area contributed by atoms with E-state index in [1.54, 1.807) is 0 Å².